The number of aromatic nitrogens is 2. The van der Waals surface area contributed by atoms with Crippen LogP contribution in [0.1, 0.15) is 30.9 Å². The van der Waals surface area contributed by atoms with Crippen molar-refractivity contribution in [3.8, 4) is 0 Å². The van der Waals surface area contributed by atoms with Gasteiger partial charge >= 0.3 is 6.55 Å². The van der Waals surface area contributed by atoms with Crippen molar-refractivity contribution in [2.24, 2.45) is 0 Å². The molecule has 1 heterocycles. The largest absolute Gasteiger partial charge is 0.382 e. The van der Waals surface area contributed by atoms with E-state index in [9.17, 15) is 13.6 Å². The number of carbonyl (C=O) groups excluding carboxylic acids is 1. The SMILES string of the molecule is CC(C)NC(=O)c1cc(N)nn1C(F)F. The Morgan fingerprint density at radius 1 is 1.60 bits per heavy atom. The Balaban J connectivity index is 2.97. The van der Waals surface area contributed by atoms with Crippen LogP contribution in [0.15, 0.2) is 6.07 Å². The number of rotatable bonds is 3. The summed E-state index contributed by atoms with van der Waals surface area (Å²) in [6, 6.07) is 0.976. The lowest BCUT2D eigenvalue weighted by atomic mass is 10.3. The minimum absolute atomic E-state index is 0.107. The molecule has 7 heteroatoms. The van der Waals surface area contributed by atoms with Crippen LogP contribution in [0.4, 0.5) is 14.6 Å². The van der Waals surface area contributed by atoms with E-state index in [1.807, 2.05) is 0 Å². The van der Waals surface area contributed by atoms with Crippen LogP contribution in [0.25, 0.3) is 0 Å². The molecule has 0 aliphatic carbocycles. The summed E-state index contributed by atoms with van der Waals surface area (Å²) in [4.78, 5) is 11.4. The van der Waals surface area contributed by atoms with E-state index >= 15 is 0 Å². The number of nitrogen functional groups attached to an aromatic ring is 1. The highest BCUT2D eigenvalue weighted by molar-refractivity contribution is 5.93. The number of anilines is 1. The van der Waals surface area contributed by atoms with Crippen molar-refractivity contribution >= 4 is 11.7 Å². The smallest absolute Gasteiger partial charge is 0.334 e. The molecule has 0 aliphatic rings. The Bertz CT molecular complexity index is 362. The minimum atomic E-state index is -2.88. The topological polar surface area (TPSA) is 72.9 Å². The van der Waals surface area contributed by atoms with Crippen molar-refractivity contribution in [1.29, 1.82) is 0 Å². The second-order valence-corrected chi connectivity index (χ2v) is 3.30. The van der Waals surface area contributed by atoms with Crippen LogP contribution in [-0.4, -0.2) is 21.7 Å². The van der Waals surface area contributed by atoms with Crippen LogP contribution < -0.4 is 11.1 Å². The van der Waals surface area contributed by atoms with Gasteiger partial charge in [-0.3, -0.25) is 4.79 Å². The molecule has 0 aromatic carbocycles. The molecular formula is C8H12F2N4O. The summed E-state index contributed by atoms with van der Waals surface area (Å²) in [5.41, 5.74) is 5.00. The van der Waals surface area contributed by atoms with Gasteiger partial charge in [0.1, 0.15) is 11.5 Å². The molecular weight excluding hydrogens is 206 g/mol. The van der Waals surface area contributed by atoms with E-state index in [0.717, 1.165) is 6.07 Å². The number of hydrogen-bond donors (Lipinski definition) is 2. The van der Waals surface area contributed by atoms with Gasteiger partial charge in [0.15, 0.2) is 0 Å². The molecule has 0 saturated heterocycles. The zero-order valence-corrected chi connectivity index (χ0v) is 8.37. The van der Waals surface area contributed by atoms with E-state index in [4.69, 9.17) is 5.73 Å². The highest BCUT2D eigenvalue weighted by Gasteiger charge is 2.20. The standard InChI is InChI=1S/C8H12F2N4O/c1-4(2)12-7(15)5-3-6(11)13-14(5)8(9)10/h3-4,8H,1-2H3,(H2,11,13)(H,12,15). The fraction of sp³-hybridized carbons (Fsp3) is 0.500. The Hall–Kier alpha value is -1.66. The second kappa shape index (κ2) is 4.24. The Labute approximate surface area is 85.2 Å². The van der Waals surface area contributed by atoms with Crippen molar-refractivity contribution in [3.63, 3.8) is 0 Å². The fourth-order valence-corrected chi connectivity index (χ4v) is 1.07. The van der Waals surface area contributed by atoms with E-state index in [2.05, 4.69) is 10.4 Å². The van der Waals surface area contributed by atoms with E-state index in [1.54, 1.807) is 13.8 Å². The first-order valence-electron chi connectivity index (χ1n) is 4.36. The van der Waals surface area contributed by atoms with Crippen LogP contribution in [0.3, 0.4) is 0 Å². The Morgan fingerprint density at radius 3 is 2.67 bits per heavy atom. The number of nitrogens with zero attached hydrogens (tertiary/aromatic N) is 2. The lowest BCUT2D eigenvalue weighted by molar-refractivity contribution is 0.0510. The number of carbonyl (C=O) groups is 1. The molecule has 3 N–H and O–H groups in total. The van der Waals surface area contributed by atoms with Gasteiger partial charge in [0.25, 0.3) is 5.91 Å². The summed E-state index contributed by atoms with van der Waals surface area (Å²) in [6.07, 6.45) is 0. The molecule has 0 saturated carbocycles. The first-order chi connectivity index (χ1) is 6.91. The molecule has 1 aromatic rings. The summed E-state index contributed by atoms with van der Waals surface area (Å²) in [5.74, 6) is -0.723. The first kappa shape index (κ1) is 11.4. The molecule has 0 aliphatic heterocycles. The molecule has 84 valence electrons. The third-order valence-corrected chi connectivity index (χ3v) is 1.59. The number of nitrogens with two attached hydrogens (primary N) is 1. The molecule has 0 fully saturated rings. The van der Waals surface area contributed by atoms with Gasteiger partial charge in [-0.2, -0.15) is 13.5 Å². The predicted octanol–water partition coefficient (Wildman–Crippen LogP) is 0.999. The van der Waals surface area contributed by atoms with Crippen molar-refractivity contribution < 1.29 is 13.6 Å². The van der Waals surface area contributed by atoms with E-state index in [0.29, 0.717) is 4.68 Å². The Morgan fingerprint density at radius 2 is 2.20 bits per heavy atom. The van der Waals surface area contributed by atoms with Gasteiger partial charge in [-0.15, -0.1) is 5.10 Å². The van der Waals surface area contributed by atoms with E-state index in [1.165, 1.54) is 0 Å². The van der Waals surface area contributed by atoms with Gasteiger partial charge < -0.3 is 11.1 Å². The fourth-order valence-electron chi connectivity index (χ4n) is 1.07. The van der Waals surface area contributed by atoms with Crippen LogP contribution in [0.2, 0.25) is 0 Å². The summed E-state index contributed by atoms with van der Waals surface area (Å²) in [7, 11) is 0. The van der Waals surface area contributed by atoms with Crippen molar-refractivity contribution in [3.05, 3.63) is 11.8 Å². The van der Waals surface area contributed by atoms with Gasteiger partial charge in [0.05, 0.1) is 0 Å². The maximum absolute atomic E-state index is 12.4. The average Bonchev–Trinajstić information content (AvgIpc) is 2.46. The second-order valence-electron chi connectivity index (χ2n) is 3.30. The van der Waals surface area contributed by atoms with Gasteiger partial charge in [-0.25, -0.2) is 0 Å². The quantitative estimate of drug-likeness (QED) is 0.794. The van der Waals surface area contributed by atoms with E-state index in [-0.39, 0.29) is 17.6 Å². The molecule has 0 spiro atoms. The first-order valence-corrected chi connectivity index (χ1v) is 4.36. The number of alkyl halides is 2. The molecule has 0 unspecified atom stereocenters. The number of halogens is 2. The highest BCUT2D eigenvalue weighted by atomic mass is 19.3. The molecule has 0 bridgehead atoms. The third-order valence-electron chi connectivity index (χ3n) is 1.59. The molecule has 1 amide bonds. The summed E-state index contributed by atoms with van der Waals surface area (Å²) in [5, 5.41) is 5.80. The van der Waals surface area contributed by atoms with Crippen LogP contribution in [0.5, 0.6) is 0 Å². The maximum Gasteiger partial charge on any atom is 0.334 e. The molecule has 5 nitrogen and oxygen atoms in total. The normalized spacial score (nSPS) is 11.1. The molecule has 15 heavy (non-hydrogen) atoms. The zero-order chi connectivity index (χ0) is 11.6. The zero-order valence-electron chi connectivity index (χ0n) is 8.37. The summed E-state index contributed by atoms with van der Waals surface area (Å²) >= 11 is 0. The van der Waals surface area contributed by atoms with Crippen molar-refractivity contribution in [1.82, 2.24) is 15.1 Å². The van der Waals surface area contributed by atoms with Crippen molar-refractivity contribution in [2.75, 3.05) is 5.73 Å². The third kappa shape index (κ3) is 2.64. The van der Waals surface area contributed by atoms with Gasteiger partial charge in [0, 0.05) is 12.1 Å². The van der Waals surface area contributed by atoms with Gasteiger partial charge in [-0.05, 0) is 13.8 Å². The lowest BCUT2D eigenvalue weighted by Gasteiger charge is -2.09. The molecule has 0 atom stereocenters. The predicted molar refractivity (Wildman–Crippen MR) is 50.5 cm³/mol. The molecule has 1 rings (SSSR count). The average molecular weight is 218 g/mol. The van der Waals surface area contributed by atoms with Gasteiger partial charge in [0.2, 0.25) is 0 Å². The van der Waals surface area contributed by atoms with Crippen LogP contribution >= 0.6 is 0 Å². The van der Waals surface area contributed by atoms with E-state index < -0.39 is 12.5 Å². The lowest BCUT2D eigenvalue weighted by Crippen LogP contribution is -2.32. The summed E-state index contributed by atoms with van der Waals surface area (Å²) < 4.78 is 25.1. The monoisotopic (exact) mass is 218 g/mol. The number of nitrogens with one attached hydrogen (secondary N) is 1. The minimum Gasteiger partial charge on any atom is -0.382 e. The van der Waals surface area contributed by atoms with Crippen LogP contribution in [-0.2, 0) is 0 Å². The van der Waals surface area contributed by atoms with Crippen LogP contribution in [0, 0.1) is 0 Å². The summed E-state index contributed by atoms with van der Waals surface area (Å²) in [6.45, 7) is 0.574. The number of hydrogen-bond acceptors (Lipinski definition) is 3. The maximum atomic E-state index is 12.4. The highest BCUT2D eigenvalue weighted by Crippen LogP contribution is 2.15. The number of amides is 1. The Kier molecular flexibility index (Phi) is 3.23. The van der Waals surface area contributed by atoms with Crippen molar-refractivity contribution in [2.45, 2.75) is 26.4 Å². The van der Waals surface area contributed by atoms with Gasteiger partial charge in [-0.1, -0.05) is 0 Å². The molecule has 0 radical (unpaired) electrons. The molecule has 1 aromatic heterocycles.